The minimum absolute atomic E-state index is 0.368. The highest BCUT2D eigenvalue weighted by Crippen LogP contribution is 2.09. The predicted octanol–water partition coefficient (Wildman–Crippen LogP) is 1.36. The van der Waals surface area contributed by atoms with Crippen molar-refractivity contribution in [3.05, 3.63) is 0 Å². The SMILES string of the molecule is CNCCC(C)CCC(C)N. The normalized spacial score (nSPS) is 16.4. The number of nitrogens with one attached hydrogen (secondary N) is 1. The van der Waals surface area contributed by atoms with Crippen LogP contribution >= 0.6 is 0 Å². The molecule has 0 radical (unpaired) electrons. The van der Waals surface area contributed by atoms with Gasteiger partial charge in [-0.05, 0) is 45.7 Å². The van der Waals surface area contributed by atoms with Gasteiger partial charge in [0.15, 0.2) is 0 Å². The Balaban J connectivity index is 3.15. The lowest BCUT2D eigenvalue weighted by molar-refractivity contribution is 0.446. The van der Waals surface area contributed by atoms with E-state index in [1.807, 2.05) is 7.05 Å². The fourth-order valence-electron chi connectivity index (χ4n) is 1.08. The maximum Gasteiger partial charge on any atom is 0.00105 e. The molecule has 0 spiro atoms. The van der Waals surface area contributed by atoms with Crippen molar-refractivity contribution < 1.29 is 0 Å². The molecule has 0 heterocycles. The molecule has 0 bridgehead atoms. The molecule has 2 unspecified atom stereocenters. The average Bonchev–Trinajstić information content (AvgIpc) is 1.97. The summed E-state index contributed by atoms with van der Waals surface area (Å²) in [6.07, 6.45) is 3.69. The average molecular weight is 158 g/mol. The lowest BCUT2D eigenvalue weighted by atomic mass is 9.99. The Morgan fingerprint density at radius 3 is 2.27 bits per heavy atom. The molecule has 0 fully saturated rings. The van der Waals surface area contributed by atoms with Gasteiger partial charge in [0.2, 0.25) is 0 Å². The molecule has 0 aromatic heterocycles. The first-order valence-electron chi connectivity index (χ1n) is 4.57. The van der Waals surface area contributed by atoms with E-state index in [1.54, 1.807) is 0 Å². The van der Waals surface area contributed by atoms with Crippen LogP contribution in [-0.4, -0.2) is 19.6 Å². The lowest BCUT2D eigenvalue weighted by Crippen LogP contribution is -2.17. The van der Waals surface area contributed by atoms with Gasteiger partial charge in [-0.2, -0.15) is 0 Å². The van der Waals surface area contributed by atoms with Crippen molar-refractivity contribution in [3.8, 4) is 0 Å². The van der Waals surface area contributed by atoms with Crippen molar-refractivity contribution in [1.82, 2.24) is 5.32 Å². The summed E-state index contributed by atoms with van der Waals surface area (Å²) in [5.74, 6) is 0.813. The van der Waals surface area contributed by atoms with Crippen LogP contribution in [-0.2, 0) is 0 Å². The molecule has 2 heteroatoms. The van der Waals surface area contributed by atoms with Crippen molar-refractivity contribution in [2.24, 2.45) is 11.7 Å². The van der Waals surface area contributed by atoms with Gasteiger partial charge < -0.3 is 11.1 Å². The van der Waals surface area contributed by atoms with Gasteiger partial charge in [0.1, 0.15) is 0 Å². The zero-order chi connectivity index (χ0) is 8.69. The number of hydrogen-bond donors (Lipinski definition) is 2. The molecule has 2 nitrogen and oxygen atoms in total. The van der Waals surface area contributed by atoms with Gasteiger partial charge in [0.05, 0.1) is 0 Å². The highest BCUT2D eigenvalue weighted by Gasteiger charge is 2.02. The molecule has 3 N–H and O–H groups in total. The Kier molecular flexibility index (Phi) is 6.57. The van der Waals surface area contributed by atoms with Gasteiger partial charge in [0, 0.05) is 6.04 Å². The van der Waals surface area contributed by atoms with Crippen LogP contribution in [0.25, 0.3) is 0 Å². The van der Waals surface area contributed by atoms with E-state index in [0.717, 1.165) is 18.9 Å². The van der Waals surface area contributed by atoms with Gasteiger partial charge in [-0.1, -0.05) is 6.92 Å². The fraction of sp³-hybridized carbons (Fsp3) is 1.00. The molecule has 0 rings (SSSR count). The van der Waals surface area contributed by atoms with Crippen molar-refractivity contribution >= 4 is 0 Å². The first-order valence-corrected chi connectivity index (χ1v) is 4.57. The van der Waals surface area contributed by atoms with Gasteiger partial charge in [-0.25, -0.2) is 0 Å². The largest absolute Gasteiger partial charge is 0.328 e. The van der Waals surface area contributed by atoms with Gasteiger partial charge in [-0.15, -0.1) is 0 Å². The topological polar surface area (TPSA) is 38.0 Å². The molecule has 0 aliphatic carbocycles. The highest BCUT2D eigenvalue weighted by atomic mass is 14.8. The van der Waals surface area contributed by atoms with Gasteiger partial charge >= 0.3 is 0 Å². The number of hydrogen-bond acceptors (Lipinski definition) is 2. The Hall–Kier alpha value is -0.0800. The Morgan fingerprint density at radius 2 is 1.82 bits per heavy atom. The third-order valence-corrected chi connectivity index (χ3v) is 2.00. The molecule has 11 heavy (non-hydrogen) atoms. The molecule has 0 saturated heterocycles. The first-order chi connectivity index (χ1) is 5.16. The molecule has 0 aromatic carbocycles. The summed E-state index contributed by atoms with van der Waals surface area (Å²) in [6.45, 7) is 5.49. The number of nitrogens with two attached hydrogens (primary N) is 1. The van der Waals surface area contributed by atoms with Crippen molar-refractivity contribution in [2.45, 2.75) is 39.2 Å². The standard InChI is InChI=1S/C9H22N2/c1-8(6-7-11-3)4-5-9(2)10/h8-9,11H,4-7,10H2,1-3H3. The van der Waals surface area contributed by atoms with Crippen LogP contribution in [0.15, 0.2) is 0 Å². The highest BCUT2D eigenvalue weighted by molar-refractivity contribution is 4.59. The van der Waals surface area contributed by atoms with Crippen LogP contribution in [0.2, 0.25) is 0 Å². The van der Waals surface area contributed by atoms with E-state index in [9.17, 15) is 0 Å². The second-order valence-electron chi connectivity index (χ2n) is 3.55. The van der Waals surface area contributed by atoms with E-state index < -0.39 is 0 Å². The molecular formula is C9H22N2. The summed E-state index contributed by atoms with van der Waals surface area (Å²) in [4.78, 5) is 0. The summed E-state index contributed by atoms with van der Waals surface area (Å²) >= 11 is 0. The Labute approximate surface area is 70.5 Å². The molecule has 0 aliphatic rings. The van der Waals surface area contributed by atoms with E-state index in [2.05, 4.69) is 19.2 Å². The van der Waals surface area contributed by atoms with Crippen LogP contribution in [0.4, 0.5) is 0 Å². The maximum atomic E-state index is 5.65. The van der Waals surface area contributed by atoms with E-state index in [4.69, 9.17) is 5.73 Å². The second-order valence-corrected chi connectivity index (χ2v) is 3.55. The Bertz CT molecular complexity index is 81.6. The van der Waals surface area contributed by atoms with Crippen molar-refractivity contribution in [3.63, 3.8) is 0 Å². The Morgan fingerprint density at radius 1 is 1.18 bits per heavy atom. The monoisotopic (exact) mass is 158 g/mol. The third kappa shape index (κ3) is 7.82. The fourth-order valence-corrected chi connectivity index (χ4v) is 1.08. The van der Waals surface area contributed by atoms with Crippen LogP contribution in [0.5, 0.6) is 0 Å². The van der Waals surface area contributed by atoms with E-state index in [1.165, 1.54) is 12.8 Å². The van der Waals surface area contributed by atoms with E-state index >= 15 is 0 Å². The van der Waals surface area contributed by atoms with Crippen LogP contribution < -0.4 is 11.1 Å². The van der Waals surface area contributed by atoms with Gasteiger partial charge in [-0.3, -0.25) is 0 Å². The molecule has 2 atom stereocenters. The zero-order valence-corrected chi connectivity index (χ0v) is 8.06. The summed E-state index contributed by atoms with van der Waals surface area (Å²) in [5.41, 5.74) is 5.65. The second kappa shape index (κ2) is 6.62. The van der Waals surface area contributed by atoms with Crippen LogP contribution in [0.1, 0.15) is 33.1 Å². The van der Waals surface area contributed by atoms with E-state index in [-0.39, 0.29) is 0 Å². The minimum Gasteiger partial charge on any atom is -0.328 e. The lowest BCUT2D eigenvalue weighted by Gasteiger charge is -2.11. The first kappa shape index (κ1) is 10.9. The van der Waals surface area contributed by atoms with Crippen molar-refractivity contribution in [2.75, 3.05) is 13.6 Å². The summed E-state index contributed by atoms with van der Waals surface area (Å²) in [5, 5.41) is 3.15. The smallest absolute Gasteiger partial charge is 0.00105 e. The molecule has 0 aliphatic heterocycles. The number of rotatable bonds is 6. The summed E-state index contributed by atoms with van der Waals surface area (Å²) < 4.78 is 0. The van der Waals surface area contributed by atoms with Crippen LogP contribution in [0, 0.1) is 5.92 Å². The van der Waals surface area contributed by atoms with Gasteiger partial charge in [0.25, 0.3) is 0 Å². The molecule has 0 aromatic rings. The molecule has 0 saturated carbocycles. The molecule has 68 valence electrons. The minimum atomic E-state index is 0.368. The predicted molar refractivity (Wildman–Crippen MR) is 50.6 cm³/mol. The summed E-state index contributed by atoms with van der Waals surface area (Å²) in [7, 11) is 2.00. The molecule has 0 amide bonds. The quantitative estimate of drug-likeness (QED) is 0.612. The van der Waals surface area contributed by atoms with Crippen LogP contribution in [0.3, 0.4) is 0 Å². The summed E-state index contributed by atoms with van der Waals surface area (Å²) in [6, 6.07) is 0.368. The van der Waals surface area contributed by atoms with Crippen molar-refractivity contribution in [1.29, 1.82) is 0 Å². The molecular weight excluding hydrogens is 136 g/mol. The third-order valence-electron chi connectivity index (χ3n) is 2.00. The maximum absolute atomic E-state index is 5.65. The zero-order valence-electron chi connectivity index (χ0n) is 8.06. The van der Waals surface area contributed by atoms with E-state index in [0.29, 0.717) is 6.04 Å².